The molecule has 1 unspecified atom stereocenters. The van der Waals surface area contributed by atoms with Gasteiger partial charge in [-0.25, -0.2) is 0 Å². The van der Waals surface area contributed by atoms with E-state index in [4.69, 9.17) is 0 Å². The van der Waals surface area contributed by atoms with E-state index in [1.54, 1.807) is 0 Å². The number of halogens is 1. The molecule has 0 radical (unpaired) electrons. The van der Waals surface area contributed by atoms with Gasteiger partial charge in [-0.1, -0.05) is 48.0 Å². The lowest BCUT2D eigenvalue weighted by molar-refractivity contribution is 0.509. The van der Waals surface area contributed by atoms with Crippen molar-refractivity contribution in [3.05, 3.63) is 56.7 Å². The third-order valence-corrected chi connectivity index (χ3v) is 4.90. The van der Waals surface area contributed by atoms with E-state index in [0.29, 0.717) is 12.0 Å². The van der Waals surface area contributed by atoms with E-state index in [0.717, 1.165) is 17.4 Å². The van der Waals surface area contributed by atoms with Gasteiger partial charge in [-0.05, 0) is 47.9 Å². The van der Waals surface area contributed by atoms with Crippen LogP contribution in [0, 0.1) is 0 Å². The number of thiophene rings is 1. The first kappa shape index (κ1) is 15.7. The monoisotopic (exact) mass is 351 g/mol. The van der Waals surface area contributed by atoms with E-state index in [1.807, 2.05) is 11.3 Å². The van der Waals surface area contributed by atoms with Crippen molar-refractivity contribution in [2.24, 2.45) is 0 Å². The molecule has 2 aromatic rings. The maximum absolute atomic E-state index is 3.58. The van der Waals surface area contributed by atoms with Gasteiger partial charge in [0.1, 0.15) is 0 Å². The van der Waals surface area contributed by atoms with E-state index in [9.17, 15) is 0 Å². The highest BCUT2D eigenvalue weighted by molar-refractivity contribution is 9.10. The Hall–Kier alpha value is -0.640. The average molecular weight is 352 g/mol. The molecule has 0 amide bonds. The Bertz CT molecular complexity index is 490. The molecule has 108 valence electrons. The lowest BCUT2D eigenvalue weighted by Crippen LogP contribution is -2.28. The fraction of sp³-hybridized carbons (Fsp3) is 0.412. The quantitative estimate of drug-likeness (QED) is 0.720. The zero-order valence-electron chi connectivity index (χ0n) is 12.1. The molecule has 1 nitrogen and oxygen atoms in total. The van der Waals surface area contributed by atoms with Gasteiger partial charge in [-0.2, -0.15) is 0 Å². The van der Waals surface area contributed by atoms with Crippen LogP contribution in [0.4, 0.5) is 0 Å². The molecule has 0 fully saturated rings. The van der Waals surface area contributed by atoms with Gasteiger partial charge in [-0.15, -0.1) is 11.3 Å². The highest BCUT2D eigenvalue weighted by Crippen LogP contribution is 2.24. The van der Waals surface area contributed by atoms with Crippen molar-refractivity contribution in [3.63, 3.8) is 0 Å². The number of aryl methyl sites for hydroxylation is 1. The fourth-order valence-electron chi connectivity index (χ4n) is 2.27. The summed E-state index contributed by atoms with van der Waals surface area (Å²) in [6.07, 6.45) is 2.36. The molecule has 0 spiro atoms. The number of hydrogen-bond acceptors (Lipinski definition) is 2. The molecule has 0 saturated carbocycles. The normalized spacial score (nSPS) is 12.8. The Kier molecular flexibility index (Phi) is 6.27. The maximum atomic E-state index is 3.58. The maximum Gasteiger partial charge on any atom is 0.0175 e. The second-order valence-corrected chi connectivity index (χ2v) is 7.38. The molecule has 1 heterocycles. The molecule has 1 N–H and O–H groups in total. The number of benzene rings is 1. The van der Waals surface area contributed by atoms with Crippen LogP contribution in [-0.2, 0) is 6.42 Å². The van der Waals surface area contributed by atoms with Crippen LogP contribution in [-0.4, -0.2) is 12.6 Å². The summed E-state index contributed by atoms with van der Waals surface area (Å²) in [6.45, 7) is 5.46. The minimum Gasteiger partial charge on any atom is -0.314 e. The first-order chi connectivity index (χ1) is 9.65. The zero-order chi connectivity index (χ0) is 14.4. The van der Waals surface area contributed by atoms with Crippen LogP contribution in [0.25, 0.3) is 0 Å². The number of hydrogen-bond donors (Lipinski definition) is 1. The molecule has 0 aliphatic carbocycles. The van der Waals surface area contributed by atoms with E-state index in [2.05, 4.69) is 76.9 Å². The van der Waals surface area contributed by atoms with Crippen LogP contribution in [0.15, 0.2) is 46.3 Å². The van der Waals surface area contributed by atoms with Crippen LogP contribution in [0.3, 0.4) is 0 Å². The van der Waals surface area contributed by atoms with Gasteiger partial charge in [0, 0.05) is 21.9 Å². The molecule has 1 aromatic carbocycles. The van der Waals surface area contributed by atoms with Gasteiger partial charge < -0.3 is 5.32 Å². The summed E-state index contributed by atoms with van der Waals surface area (Å²) in [4.78, 5) is 1.48. The van der Waals surface area contributed by atoms with Gasteiger partial charge in [0.2, 0.25) is 0 Å². The number of nitrogens with one attached hydrogen (secondary N) is 1. The SMILES string of the molecule is CC(C)NCC(CCc1cccs1)c1ccc(Br)cc1. The minimum atomic E-state index is 0.537. The van der Waals surface area contributed by atoms with Crippen LogP contribution in [0.1, 0.15) is 36.6 Å². The Labute approximate surface area is 134 Å². The molecular formula is C17H22BrNS. The number of rotatable bonds is 7. The Balaban J connectivity index is 2.01. The third kappa shape index (κ3) is 5.04. The van der Waals surface area contributed by atoms with Gasteiger partial charge in [-0.3, -0.25) is 0 Å². The summed E-state index contributed by atoms with van der Waals surface area (Å²) in [5.74, 6) is 0.576. The summed E-state index contributed by atoms with van der Waals surface area (Å²) in [5.41, 5.74) is 1.43. The Morgan fingerprint density at radius 3 is 2.50 bits per heavy atom. The van der Waals surface area contributed by atoms with Crippen molar-refractivity contribution in [1.29, 1.82) is 0 Å². The lowest BCUT2D eigenvalue weighted by atomic mass is 9.93. The summed E-state index contributed by atoms with van der Waals surface area (Å²) >= 11 is 5.37. The van der Waals surface area contributed by atoms with Crippen molar-refractivity contribution >= 4 is 27.3 Å². The molecule has 3 heteroatoms. The summed E-state index contributed by atoms with van der Waals surface area (Å²) in [5, 5.41) is 5.74. The minimum absolute atomic E-state index is 0.537. The zero-order valence-corrected chi connectivity index (χ0v) is 14.5. The lowest BCUT2D eigenvalue weighted by Gasteiger charge is -2.19. The van der Waals surface area contributed by atoms with E-state index in [1.165, 1.54) is 16.9 Å². The summed E-state index contributed by atoms with van der Waals surface area (Å²) in [7, 11) is 0. The van der Waals surface area contributed by atoms with Gasteiger partial charge in [0.25, 0.3) is 0 Å². The topological polar surface area (TPSA) is 12.0 Å². The third-order valence-electron chi connectivity index (χ3n) is 3.43. The van der Waals surface area contributed by atoms with E-state index >= 15 is 0 Å². The summed E-state index contributed by atoms with van der Waals surface area (Å²) in [6, 6.07) is 13.7. The molecule has 0 aliphatic rings. The standard InChI is InChI=1S/C17H22BrNS/c1-13(2)19-12-15(7-10-17-4-3-11-20-17)14-5-8-16(18)9-6-14/h3-6,8-9,11,13,15,19H,7,10,12H2,1-2H3. The second-order valence-electron chi connectivity index (χ2n) is 5.43. The molecule has 20 heavy (non-hydrogen) atoms. The fourth-order valence-corrected chi connectivity index (χ4v) is 3.26. The first-order valence-electron chi connectivity index (χ1n) is 7.16. The molecular weight excluding hydrogens is 330 g/mol. The highest BCUT2D eigenvalue weighted by Gasteiger charge is 2.12. The second kappa shape index (κ2) is 7.96. The Morgan fingerprint density at radius 2 is 1.90 bits per heavy atom. The van der Waals surface area contributed by atoms with Crippen molar-refractivity contribution in [1.82, 2.24) is 5.32 Å². The van der Waals surface area contributed by atoms with Crippen LogP contribution < -0.4 is 5.32 Å². The van der Waals surface area contributed by atoms with Crippen LogP contribution >= 0.6 is 27.3 Å². The Morgan fingerprint density at radius 1 is 1.15 bits per heavy atom. The first-order valence-corrected chi connectivity index (χ1v) is 8.83. The molecule has 1 atom stereocenters. The molecule has 0 saturated heterocycles. The largest absolute Gasteiger partial charge is 0.314 e. The molecule has 2 rings (SSSR count). The smallest absolute Gasteiger partial charge is 0.0175 e. The van der Waals surface area contributed by atoms with Crippen LogP contribution in [0.5, 0.6) is 0 Å². The van der Waals surface area contributed by atoms with Crippen molar-refractivity contribution in [3.8, 4) is 0 Å². The molecule has 0 bridgehead atoms. The predicted octanol–water partition coefficient (Wildman–Crippen LogP) is 5.23. The average Bonchev–Trinajstić information content (AvgIpc) is 2.93. The van der Waals surface area contributed by atoms with Gasteiger partial charge in [0.15, 0.2) is 0 Å². The van der Waals surface area contributed by atoms with Gasteiger partial charge >= 0.3 is 0 Å². The van der Waals surface area contributed by atoms with Crippen molar-refractivity contribution < 1.29 is 0 Å². The summed E-state index contributed by atoms with van der Waals surface area (Å²) < 4.78 is 1.15. The molecule has 1 aromatic heterocycles. The predicted molar refractivity (Wildman–Crippen MR) is 92.7 cm³/mol. The molecule has 0 aliphatic heterocycles. The van der Waals surface area contributed by atoms with Gasteiger partial charge in [0.05, 0.1) is 0 Å². The van der Waals surface area contributed by atoms with E-state index < -0.39 is 0 Å². The van der Waals surface area contributed by atoms with Crippen LogP contribution in [0.2, 0.25) is 0 Å². The van der Waals surface area contributed by atoms with Crippen molar-refractivity contribution in [2.75, 3.05) is 6.54 Å². The highest BCUT2D eigenvalue weighted by atomic mass is 79.9. The van der Waals surface area contributed by atoms with Crippen molar-refractivity contribution in [2.45, 2.75) is 38.6 Å². The van der Waals surface area contributed by atoms with E-state index in [-0.39, 0.29) is 0 Å².